The van der Waals surface area contributed by atoms with E-state index in [0.29, 0.717) is 12.8 Å². The molecular weight excluding hydrogens is 304 g/mol. The predicted octanol–water partition coefficient (Wildman–Crippen LogP) is 5.68. The Kier molecular flexibility index (Phi) is 16.5. The van der Waals surface area contributed by atoms with Crippen molar-refractivity contribution in [3.8, 4) is 0 Å². The molecule has 4 heteroatoms. The average Bonchev–Trinajstić information content (AvgIpc) is 2.57. The summed E-state index contributed by atoms with van der Waals surface area (Å²) < 4.78 is 0. The van der Waals surface area contributed by atoms with E-state index in [1.807, 2.05) is 42.5 Å². The first kappa shape index (κ1) is 22.4. The second kappa shape index (κ2) is 17.7. The van der Waals surface area contributed by atoms with Gasteiger partial charge in [0.15, 0.2) is 0 Å². The molecule has 0 amide bonds. The standard InChI is InChI=1S/C20H32O4/c1-2-3-4-5-10-13-16-19(24-23)17-14-11-8-6-7-9-12-15-18-20(21)22/h7-11,13-14,17,19,23H,2-6,12,15-16,18H2,1H3,(H,21,22)/b9-7-,11-8-,13-10-,17-14+. The van der Waals surface area contributed by atoms with E-state index in [1.54, 1.807) is 0 Å². The normalized spacial score (nSPS) is 13.8. The van der Waals surface area contributed by atoms with Gasteiger partial charge in [-0.3, -0.25) is 10.1 Å². The van der Waals surface area contributed by atoms with Crippen molar-refractivity contribution in [1.82, 2.24) is 0 Å². The Balaban J connectivity index is 3.79. The summed E-state index contributed by atoms with van der Waals surface area (Å²) in [5, 5.41) is 17.4. The number of aliphatic carboxylic acids is 1. The van der Waals surface area contributed by atoms with E-state index in [2.05, 4.69) is 17.9 Å². The Labute approximate surface area is 146 Å². The third kappa shape index (κ3) is 16.7. The van der Waals surface area contributed by atoms with Crippen molar-refractivity contribution in [2.75, 3.05) is 0 Å². The molecule has 0 aromatic rings. The monoisotopic (exact) mass is 336 g/mol. The van der Waals surface area contributed by atoms with E-state index in [9.17, 15) is 4.79 Å². The second-order valence-corrected chi connectivity index (χ2v) is 5.65. The van der Waals surface area contributed by atoms with Gasteiger partial charge in [-0.25, -0.2) is 4.89 Å². The van der Waals surface area contributed by atoms with Crippen LogP contribution in [0.3, 0.4) is 0 Å². The molecule has 0 aliphatic carbocycles. The Morgan fingerprint density at radius 3 is 2.46 bits per heavy atom. The van der Waals surface area contributed by atoms with Crippen LogP contribution in [-0.4, -0.2) is 22.4 Å². The van der Waals surface area contributed by atoms with E-state index >= 15 is 0 Å². The summed E-state index contributed by atoms with van der Waals surface area (Å²) in [6.07, 6.45) is 23.4. The van der Waals surface area contributed by atoms with E-state index in [4.69, 9.17) is 10.4 Å². The Morgan fingerprint density at radius 2 is 1.75 bits per heavy atom. The van der Waals surface area contributed by atoms with Gasteiger partial charge in [0.05, 0.1) is 0 Å². The van der Waals surface area contributed by atoms with Crippen LogP contribution in [0, 0.1) is 0 Å². The summed E-state index contributed by atoms with van der Waals surface area (Å²) in [5.41, 5.74) is 0. The Morgan fingerprint density at radius 1 is 1.00 bits per heavy atom. The fourth-order valence-electron chi connectivity index (χ4n) is 2.03. The fraction of sp³-hybridized carbons (Fsp3) is 0.550. The lowest BCUT2D eigenvalue weighted by Gasteiger charge is -2.04. The Bertz CT molecular complexity index is 408. The molecule has 1 atom stereocenters. The van der Waals surface area contributed by atoms with Gasteiger partial charge in [-0.1, -0.05) is 68.4 Å². The van der Waals surface area contributed by atoms with Crippen LogP contribution < -0.4 is 0 Å². The molecule has 0 bridgehead atoms. The third-order valence-electron chi connectivity index (χ3n) is 3.42. The van der Waals surface area contributed by atoms with Gasteiger partial charge in [-0.2, -0.15) is 0 Å². The minimum absolute atomic E-state index is 0.221. The van der Waals surface area contributed by atoms with E-state index < -0.39 is 5.97 Å². The topological polar surface area (TPSA) is 66.8 Å². The number of hydrogen-bond donors (Lipinski definition) is 2. The molecule has 0 aromatic carbocycles. The van der Waals surface area contributed by atoms with Crippen molar-refractivity contribution >= 4 is 5.97 Å². The zero-order valence-electron chi connectivity index (χ0n) is 14.8. The number of allylic oxidation sites excluding steroid dienone is 6. The van der Waals surface area contributed by atoms with Gasteiger partial charge < -0.3 is 5.11 Å². The van der Waals surface area contributed by atoms with E-state index in [-0.39, 0.29) is 12.5 Å². The van der Waals surface area contributed by atoms with Crippen LogP contribution >= 0.6 is 0 Å². The van der Waals surface area contributed by atoms with Gasteiger partial charge in [0.2, 0.25) is 0 Å². The zero-order chi connectivity index (χ0) is 17.9. The van der Waals surface area contributed by atoms with Crippen LogP contribution in [0.15, 0.2) is 48.6 Å². The van der Waals surface area contributed by atoms with Gasteiger partial charge in [0, 0.05) is 6.42 Å². The molecule has 0 spiro atoms. The first-order valence-corrected chi connectivity index (χ1v) is 8.86. The number of hydrogen-bond acceptors (Lipinski definition) is 3. The third-order valence-corrected chi connectivity index (χ3v) is 3.42. The zero-order valence-corrected chi connectivity index (χ0v) is 14.8. The van der Waals surface area contributed by atoms with Gasteiger partial charge in [-0.15, -0.1) is 0 Å². The van der Waals surface area contributed by atoms with Crippen LogP contribution in [0.5, 0.6) is 0 Å². The molecule has 0 saturated carbocycles. The molecule has 0 aliphatic heterocycles. The molecule has 2 N–H and O–H groups in total. The van der Waals surface area contributed by atoms with Gasteiger partial charge >= 0.3 is 5.97 Å². The van der Waals surface area contributed by atoms with Crippen molar-refractivity contribution in [2.45, 2.75) is 70.8 Å². The lowest BCUT2D eigenvalue weighted by atomic mass is 10.1. The summed E-state index contributed by atoms with van der Waals surface area (Å²) in [6, 6.07) is 0. The minimum atomic E-state index is -0.745. The molecule has 0 heterocycles. The number of carboxylic acids is 1. The highest BCUT2D eigenvalue weighted by Crippen LogP contribution is 2.04. The average molecular weight is 336 g/mol. The molecule has 0 fully saturated rings. The van der Waals surface area contributed by atoms with Gasteiger partial charge in [0.1, 0.15) is 6.10 Å². The first-order chi connectivity index (χ1) is 11.7. The lowest BCUT2D eigenvalue weighted by Crippen LogP contribution is -2.04. The van der Waals surface area contributed by atoms with Crippen LogP contribution in [0.25, 0.3) is 0 Å². The maximum absolute atomic E-state index is 10.3. The largest absolute Gasteiger partial charge is 0.481 e. The molecule has 0 aromatic heterocycles. The van der Waals surface area contributed by atoms with Crippen molar-refractivity contribution < 1.29 is 20.0 Å². The molecule has 0 saturated heterocycles. The van der Waals surface area contributed by atoms with Crippen molar-refractivity contribution in [2.24, 2.45) is 0 Å². The maximum Gasteiger partial charge on any atom is 0.303 e. The molecule has 4 nitrogen and oxygen atoms in total. The van der Waals surface area contributed by atoms with E-state index in [0.717, 1.165) is 19.3 Å². The summed E-state index contributed by atoms with van der Waals surface area (Å²) in [5.74, 6) is -0.745. The minimum Gasteiger partial charge on any atom is -0.481 e. The van der Waals surface area contributed by atoms with Crippen LogP contribution in [0.2, 0.25) is 0 Å². The summed E-state index contributed by atoms with van der Waals surface area (Å²) in [6.45, 7) is 2.19. The fourth-order valence-corrected chi connectivity index (χ4v) is 2.03. The highest BCUT2D eigenvalue weighted by molar-refractivity contribution is 5.66. The molecule has 136 valence electrons. The van der Waals surface area contributed by atoms with Crippen LogP contribution in [0.1, 0.15) is 64.7 Å². The second-order valence-electron chi connectivity index (χ2n) is 5.65. The SMILES string of the molecule is CCCCC/C=C\CC(/C=C/C=C\C/C=C\CCCC(=O)O)OO. The van der Waals surface area contributed by atoms with Crippen LogP contribution in [0.4, 0.5) is 0 Å². The molecular formula is C20H32O4. The lowest BCUT2D eigenvalue weighted by molar-refractivity contribution is -0.264. The van der Waals surface area contributed by atoms with Gasteiger partial charge in [-0.05, 0) is 38.5 Å². The van der Waals surface area contributed by atoms with Crippen LogP contribution in [-0.2, 0) is 9.68 Å². The van der Waals surface area contributed by atoms with Gasteiger partial charge in [0.25, 0.3) is 0 Å². The molecule has 0 radical (unpaired) electrons. The summed E-state index contributed by atoms with van der Waals surface area (Å²) >= 11 is 0. The molecule has 0 aliphatic rings. The number of carbonyl (C=O) groups is 1. The first-order valence-electron chi connectivity index (χ1n) is 8.86. The number of carboxylic acid groups (broad SMARTS) is 1. The highest BCUT2D eigenvalue weighted by Gasteiger charge is 1.99. The predicted molar refractivity (Wildman–Crippen MR) is 98.9 cm³/mol. The quantitative estimate of drug-likeness (QED) is 0.133. The van der Waals surface area contributed by atoms with Crippen molar-refractivity contribution in [3.63, 3.8) is 0 Å². The number of rotatable bonds is 15. The van der Waals surface area contributed by atoms with E-state index in [1.165, 1.54) is 19.3 Å². The van der Waals surface area contributed by atoms with Crippen molar-refractivity contribution in [3.05, 3.63) is 48.6 Å². The summed E-state index contributed by atoms with van der Waals surface area (Å²) in [7, 11) is 0. The summed E-state index contributed by atoms with van der Waals surface area (Å²) in [4.78, 5) is 14.8. The molecule has 0 rings (SSSR count). The maximum atomic E-state index is 10.3. The number of unbranched alkanes of at least 4 members (excludes halogenated alkanes) is 4. The van der Waals surface area contributed by atoms with Crippen molar-refractivity contribution in [1.29, 1.82) is 0 Å². The smallest absolute Gasteiger partial charge is 0.303 e. The highest BCUT2D eigenvalue weighted by atomic mass is 17.1. The molecule has 1 unspecified atom stereocenters. The molecule has 24 heavy (non-hydrogen) atoms. The Hall–Kier alpha value is -1.65.